The number of hydrogen-bond donors (Lipinski definition) is 2. The molecule has 0 amide bonds. The van der Waals surface area contributed by atoms with Gasteiger partial charge in [-0.2, -0.15) is 8.42 Å². The molecule has 0 aliphatic heterocycles. The fourth-order valence-corrected chi connectivity index (χ4v) is 6.29. The van der Waals surface area contributed by atoms with E-state index in [1.807, 2.05) is 12.1 Å². The Morgan fingerprint density at radius 1 is 1.07 bits per heavy atom. The van der Waals surface area contributed by atoms with Gasteiger partial charge >= 0.3 is 10.1 Å². The van der Waals surface area contributed by atoms with Gasteiger partial charge in [-0.3, -0.25) is 0 Å². The third kappa shape index (κ3) is 3.27. The Morgan fingerprint density at radius 2 is 1.72 bits per heavy atom. The Labute approximate surface area is 173 Å². The first kappa shape index (κ1) is 20.4. The van der Waals surface area contributed by atoms with Crippen LogP contribution in [0.3, 0.4) is 0 Å². The fraction of sp³-hybridized carbons (Fsp3) is 0.478. The minimum Gasteiger partial charge on any atom is -0.391 e. The minimum absolute atomic E-state index is 0.0115. The molecule has 2 aromatic carbocycles. The molecule has 0 radical (unpaired) electrons. The summed E-state index contributed by atoms with van der Waals surface area (Å²) in [6, 6.07) is 15.3. The third-order valence-electron chi connectivity index (χ3n) is 7.53. The summed E-state index contributed by atoms with van der Waals surface area (Å²) >= 11 is 0. The van der Waals surface area contributed by atoms with Gasteiger partial charge < -0.3 is 14.6 Å². The van der Waals surface area contributed by atoms with Crippen molar-refractivity contribution in [3.8, 4) is 5.75 Å². The molecule has 156 valence electrons. The molecule has 2 N–H and O–H groups in total. The molecule has 0 spiro atoms. The quantitative estimate of drug-likeness (QED) is 0.703. The summed E-state index contributed by atoms with van der Waals surface area (Å²) in [6.45, 7) is 7.12. The molecular weight excluding hydrogens is 386 g/mol. The van der Waals surface area contributed by atoms with E-state index in [0.29, 0.717) is 18.2 Å². The lowest BCUT2D eigenvalue weighted by Gasteiger charge is -2.37. The van der Waals surface area contributed by atoms with E-state index in [4.69, 9.17) is 4.18 Å². The van der Waals surface area contributed by atoms with E-state index in [-0.39, 0.29) is 21.8 Å². The van der Waals surface area contributed by atoms with Gasteiger partial charge in [0.2, 0.25) is 0 Å². The lowest BCUT2D eigenvalue weighted by Crippen LogP contribution is -2.46. The Morgan fingerprint density at radius 3 is 2.38 bits per heavy atom. The number of aliphatic hydroxyl groups excluding tert-OH is 1. The van der Waals surface area contributed by atoms with Crippen molar-refractivity contribution in [2.75, 3.05) is 0 Å². The highest BCUT2D eigenvalue weighted by Crippen LogP contribution is 2.65. The van der Waals surface area contributed by atoms with Crippen LogP contribution in [-0.2, 0) is 16.7 Å². The summed E-state index contributed by atoms with van der Waals surface area (Å²) in [6.07, 6.45) is 1.72. The maximum Gasteiger partial charge on any atom is 0.339 e. The molecule has 2 bridgehead atoms. The van der Waals surface area contributed by atoms with Gasteiger partial charge in [0.1, 0.15) is 10.6 Å². The van der Waals surface area contributed by atoms with Gasteiger partial charge in [0, 0.05) is 23.6 Å². The third-order valence-corrected chi connectivity index (χ3v) is 8.78. The van der Waals surface area contributed by atoms with Crippen molar-refractivity contribution >= 4 is 10.1 Å². The van der Waals surface area contributed by atoms with Crippen LogP contribution in [0.1, 0.15) is 39.2 Å². The summed E-state index contributed by atoms with van der Waals surface area (Å²) in [7, 11) is -3.90. The maximum absolute atomic E-state index is 12.6. The second kappa shape index (κ2) is 7.11. The van der Waals surface area contributed by atoms with Gasteiger partial charge in [-0.1, -0.05) is 57.2 Å². The van der Waals surface area contributed by atoms with Gasteiger partial charge in [0.25, 0.3) is 0 Å². The van der Waals surface area contributed by atoms with Crippen molar-refractivity contribution in [1.82, 2.24) is 5.32 Å². The highest BCUT2D eigenvalue weighted by Gasteiger charge is 2.65. The normalized spacial score (nSPS) is 30.4. The second-order valence-corrected chi connectivity index (χ2v) is 10.6. The Hall–Kier alpha value is -1.89. The minimum atomic E-state index is -3.90. The molecule has 0 aromatic heterocycles. The van der Waals surface area contributed by atoms with Gasteiger partial charge in [0.15, 0.2) is 0 Å². The molecule has 0 saturated heterocycles. The van der Waals surface area contributed by atoms with E-state index >= 15 is 0 Å². The standard InChI is InChI=1S/C23H29NO4S/c1-22(2)18-13-14-23(22,3)21(25)20(18)24-15-16-9-7-8-12-19(16)28-29(26,27)17-10-5-4-6-11-17/h4-12,18,20-21,24-25H,13-15H2,1-3H3/t18-,20-,21-,23+/m1/s1. The molecule has 0 heterocycles. The van der Waals surface area contributed by atoms with Crippen LogP contribution in [0.5, 0.6) is 5.75 Å². The molecule has 5 nitrogen and oxygen atoms in total. The van der Waals surface area contributed by atoms with Crippen molar-refractivity contribution < 1.29 is 17.7 Å². The van der Waals surface area contributed by atoms with Crippen LogP contribution in [0.15, 0.2) is 59.5 Å². The van der Waals surface area contributed by atoms with Crippen LogP contribution in [0, 0.1) is 16.7 Å². The van der Waals surface area contributed by atoms with Crippen LogP contribution in [0.25, 0.3) is 0 Å². The van der Waals surface area contributed by atoms with Gasteiger partial charge in [-0.05, 0) is 42.4 Å². The number of nitrogens with one attached hydrogen (secondary N) is 1. The topological polar surface area (TPSA) is 75.6 Å². The number of hydrogen-bond acceptors (Lipinski definition) is 5. The SMILES string of the molecule is CC1(C)[C@@H]2CC[C@@]1(C)[C@H](O)[C@@H]2NCc1ccccc1OS(=O)(=O)c1ccccc1. The Balaban J connectivity index is 1.52. The van der Waals surface area contributed by atoms with Crippen molar-refractivity contribution in [2.45, 2.75) is 57.2 Å². The van der Waals surface area contributed by atoms with Crippen molar-refractivity contribution in [2.24, 2.45) is 16.7 Å². The van der Waals surface area contributed by atoms with Gasteiger partial charge in [-0.15, -0.1) is 0 Å². The summed E-state index contributed by atoms with van der Waals surface area (Å²) in [5.74, 6) is 0.704. The Kier molecular flexibility index (Phi) is 5.00. The van der Waals surface area contributed by atoms with Crippen molar-refractivity contribution in [3.05, 3.63) is 60.2 Å². The monoisotopic (exact) mass is 415 g/mol. The zero-order valence-electron chi connectivity index (χ0n) is 17.1. The molecule has 2 aromatic rings. The zero-order chi connectivity index (χ0) is 20.9. The average Bonchev–Trinajstić information content (AvgIpc) is 3.01. The second-order valence-electron chi connectivity index (χ2n) is 9.09. The fourth-order valence-electron chi connectivity index (χ4n) is 5.30. The van der Waals surface area contributed by atoms with E-state index in [1.165, 1.54) is 12.1 Å². The molecule has 29 heavy (non-hydrogen) atoms. The van der Waals surface area contributed by atoms with Crippen LogP contribution in [-0.4, -0.2) is 25.7 Å². The van der Waals surface area contributed by atoms with E-state index in [1.54, 1.807) is 30.3 Å². The molecule has 4 rings (SSSR count). The van der Waals surface area contributed by atoms with E-state index in [9.17, 15) is 13.5 Å². The number of benzene rings is 2. The van der Waals surface area contributed by atoms with Crippen molar-refractivity contribution in [3.63, 3.8) is 0 Å². The van der Waals surface area contributed by atoms with Gasteiger partial charge in [0.05, 0.1) is 6.10 Å². The molecule has 0 unspecified atom stereocenters. The van der Waals surface area contributed by atoms with E-state index in [0.717, 1.165) is 18.4 Å². The molecule has 2 saturated carbocycles. The van der Waals surface area contributed by atoms with E-state index in [2.05, 4.69) is 26.1 Å². The molecule has 2 fully saturated rings. The number of fused-ring (bicyclic) bond motifs is 2. The average molecular weight is 416 g/mol. The van der Waals surface area contributed by atoms with Crippen molar-refractivity contribution in [1.29, 1.82) is 0 Å². The largest absolute Gasteiger partial charge is 0.391 e. The first-order valence-corrected chi connectivity index (χ1v) is 11.6. The molecule has 2 aliphatic carbocycles. The highest BCUT2D eigenvalue weighted by molar-refractivity contribution is 7.87. The summed E-state index contributed by atoms with van der Waals surface area (Å²) in [5, 5.41) is 14.5. The summed E-state index contributed by atoms with van der Waals surface area (Å²) in [4.78, 5) is 0.126. The maximum atomic E-state index is 12.6. The van der Waals surface area contributed by atoms with E-state index < -0.39 is 16.2 Å². The lowest BCUT2D eigenvalue weighted by molar-refractivity contribution is -0.000195. The first-order valence-electron chi connectivity index (χ1n) is 10.2. The number of rotatable bonds is 6. The Bertz CT molecular complexity index is 989. The lowest BCUT2D eigenvalue weighted by atomic mass is 9.70. The van der Waals surface area contributed by atoms with Crippen LogP contribution in [0.2, 0.25) is 0 Å². The molecule has 6 heteroatoms. The summed E-state index contributed by atoms with van der Waals surface area (Å²) < 4.78 is 30.7. The molecular formula is C23H29NO4S. The number of para-hydroxylation sites is 1. The van der Waals surface area contributed by atoms with Gasteiger partial charge in [-0.25, -0.2) is 0 Å². The van der Waals surface area contributed by atoms with Crippen LogP contribution in [0.4, 0.5) is 0 Å². The smallest absolute Gasteiger partial charge is 0.339 e. The van der Waals surface area contributed by atoms with Crippen LogP contribution >= 0.6 is 0 Å². The predicted molar refractivity (Wildman–Crippen MR) is 112 cm³/mol. The summed E-state index contributed by atoms with van der Waals surface area (Å²) in [5.41, 5.74) is 0.726. The first-order chi connectivity index (χ1) is 13.7. The molecule has 2 aliphatic rings. The predicted octanol–water partition coefficient (Wildman–Crippen LogP) is 3.73. The van der Waals surface area contributed by atoms with Crippen LogP contribution < -0.4 is 9.50 Å². The zero-order valence-corrected chi connectivity index (χ0v) is 17.9. The molecule has 4 atom stereocenters. The number of aliphatic hydroxyl groups is 1. The highest BCUT2D eigenvalue weighted by atomic mass is 32.2.